The van der Waals surface area contributed by atoms with Crippen molar-refractivity contribution in [3.8, 4) is 0 Å². The summed E-state index contributed by atoms with van der Waals surface area (Å²) in [4.78, 5) is 0. The fraction of sp³-hybridized carbons (Fsp3) is 1.00. The second-order valence-corrected chi connectivity index (χ2v) is 6.04. The average molecular weight is 232 g/mol. The quantitative estimate of drug-likeness (QED) is 0.565. The Hall–Kier alpha value is 0.700. The van der Waals surface area contributed by atoms with Gasteiger partial charge in [-0.1, -0.05) is 38.5 Å². The molecule has 0 aromatic heterocycles. The fourth-order valence-electron chi connectivity index (χ4n) is 2.16. The van der Waals surface area contributed by atoms with Gasteiger partial charge in [0, 0.05) is 10.5 Å². The van der Waals surface area contributed by atoms with Gasteiger partial charge in [0.1, 0.15) is 0 Å². The molecule has 1 aliphatic rings. The zero-order chi connectivity index (χ0) is 10.2. The van der Waals surface area contributed by atoms with Gasteiger partial charge in [-0.05, 0) is 25.7 Å². The highest BCUT2D eigenvalue weighted by Crippen LogP contribution is 2.21. The molecule has 0 nitrogen and oxygen atoms in total. The van der Waals surface area contributed by atoms with Crippen LogP contribution in [0.4, 0.5) is 0 Å². The van der Waals surface area contributed by atoms with E-state index >= 15 is 0 Å². The van der Waals surface area contributed by atoms with E-state index in [1.165, 1.54) is 64.2 Å². The van der Waals surface area contributed by atoms with E-state index in [0.29, 0.717) is 10.5 Å². The maximum atomic E-state index is 4.63. The Morgan fingerprint density at radius 1 is 0.500 bits per heavy atom. The molecule has 0 saturated heterocycles. The zero-order valence-corrected chi connectivity index (χ0v) is 10.9. The van der Waals surface area contributed by atoms with Crippen molar-refractivity contribution in [2.24, 2.45) is 0 Å². The predicted octanol–water partition coefficient (Wildman–Crippen LogP) is 4.50. The van der Waals surface area contributed by atoms with Crippen molar-refractivity contribution < 1.29 is 0 Å². The largest absolute Gasteiger partial charge is 0.176 e. The van der Waals surface area contributed by atoms with Crippen molar-refractivity contribution in [1.29, 1.82) is 0 Å². The molecule has 0 N–H and O–H groups in total. The molecule has 2 heteroatoms. The van der Waals surface area contributed by atoms with Crippen LogP contribution in [0.15, 0.2) is 0 Å². The first kappa shape index (κ1) is 12.8. The van der Waals surface area contributed by atoms with Gasteiger partial charge in [-0.3, -0.25) is 0 Å². The first-order valence-electron chi connectivity index (χ1n) is 6.15. The van der Waals surface area contributed by atoms with Gasteiger partial charge in [0.15, 0.2) is 0 Å². The zero-order valence-electron chi connectivity index (χ0n) is 9.12. The summed E-state index contributed by atoms with van der Waals surface area (Å²) < 4.78 is 0. The van der Waals surface area contributed by atoms with Crippen molar-refractivity contribution in [3.05, 3.63) is 0 Å². The Bertz CT molecular complexity index is 120. The van der Waals surface area contributed by atoms with Crippen molar-refractivity contribution in [1.82, 2.24) is 0 Å². The van der Waals surface area contributed by atoms with E-state index in [0.717, 1.165) is 0 Å². The average Bonchev–Trinajstić information content (AvgIpc) is 2.16. The SMILES string of the molecule is SC1CCCCCCC(S)CCCC1. The topological polar surface area (TPSA) is 0 Å². The number of hydrogen-bond acceptors (Lipinski definition) is 2. The summed E-state index contributed by atoms with van der Waals surface area (Å²) in [6.45, 7) is 0. The van der Waals surface area contributed by atoms with Gasteiger partial charge >= 0.3 is 0 Å². The van der Waals surface area contributed by atoms with Crippen LogP contribution in [-0.4, -0.2) is 10.5 Å². The predicted molar refractivity (Wildman–Crippen MR) is 71.7 cm³/mol. The molecule has 14 heavy (non-hydrogen) atoms. The third-order valence-corrected chi connectivity index (χ3v) is 4.18. The smallest absolute Gasteiger partial charge is 0.00168 e. The van der Waals surface area contributed by atoms with Crippen LogP contribution in [0.3, 0.4) is 0 Å². The molecular formula is C12H24S2. The lowest BCUT2D eigenvalue weighted by Crippen LogP contribution is -2.03. The molecule has 0 bridgehead atoms. The Morgan fingerprint density at radius 3 is 1.14 bits per heavy atom. The Labute approximate surface area is 100 Å². The van der Waals surface area contributed by atoms with E-state index in [2.05, 4.69) is 25.3 Å². The molecule has 1 saturated carbocycles. The van der Waals surface area contributed by atoms with Crippen LogP contribution >= 0.6 is 25.3 Å². The van der Waals surface area contributed by atoms with Crippen LogP contribution in [-0.2, 0) is 0 Å². The van der Waals surface area contributed by atoms with Crippen molar-refractivity contribution in [3.63, 3.8) is 0 Å². The van der Waals surface area contributed by atoms with Gasteiger partial charge in [0.25, 0.3) is 0 Å². The summed E-state index contributed by atoms with van der Waals surface area (Å²) in [6, 6.07) is 0. The third-order valence-electron chi connectivity index (χ3n) is 3.15. The van der Waals surface area contributed by atoms with Crippen LogP contribution in [0.5, 0.6) is 0 Å². The number of thiol groups is 2. The first-order valence-corrected chi connectivity index (χ1v) is 7.18. The van der Waals surface area contributed by atoms with E-state index in [-0.39, 0.29) is 0 Å². The van der Waals surface area contributed by atoms with Crippen molar-refractivity contribution >= 4 is 25.3 Å². The molecule has 1 fully saturated rings. The van der Waals surface area contributed by atoms with E-state index < -0.39 is 0 Å². The van der Waals surface area contributed by atoms with E-state index in [9.17, 15) is 0 Å². The molecule has 0 radical (unpaired) electrons. The second-order valence-electron chi connectivity index (χ2n) is 4.58. The number of rotatable bonds is 0. The normalized spacial score (nSPS) is 33.0. The lowest BCUT2D eigenvalue weighted by molar-refractivity contribution is 0.518. The second kappa shape index (κ2) is 7.92. The molecule has 84 valence electrons. The van der Waals surface area contributed by atoms with E-state index in [1.54, 1.807) is 0 Å². The van der Waals surface area contributed by atoms with Crippen molar-refractivity contribution in [2.75, 3.05) is 0 Å². The summed E-state index contributed by atoms with van der Waals surface area (Å²) >= 11 is 9.25. The van der Waals surface area contributed by atoms with Crippen LogP contribution in [0.1, 0.15) is 64.2 Å². The highest BCUT2D eigenvalue weighted by molar-refractivity contribution is 7.81. The Morgan fingerprint density at radius 2 is 0.786 bits per heavy atom. The van der Waals surface area contributed by atoms with Crippen LogP contribution in [0, 0.1) is 0 Å². The molecule has 0 aromatic carbocycles. The molecule has 2 atom stereocenters. The third kappa shape index (κ3) is 6.23. The molecular weight excluding hydrogens is 208 g/mol. The minimum absolute atomic E-state index is 0.660. The van der Waals surface area contributed by atoms with E-state index in [4.69, 9.17) is 0 Å². The highest BCUT2D eigenvalue weighted by atomic mass is 32.1. The van der Waals surface area contributed by atoms with Gasteiger partial charge in [-0.15, -0.1) is 0 Å². The van der Waals surface area contributed by atoms with E-state index in [1.807, 2.05) is 0 Å². The summed E-state index contributed by atoms with van der Waals surface area (Å²) in [5, 5.41) is 1.32. The lowest BCUT2D eigenvalue weighted by atomic mass is 10.0. The minimum atomic E-state index is 0.660. The van der Waals surface area contributed by atoms with Gasteiger partial charge in [0.05, 0.1) is 0 Å². The molecule has 2 unspecified atom stereocenters. The summed E-state index contributed by atoms with van der Waals surface area (Å²) in [5.41, 5.74) is 0. The monoisotopic (exact) mass is 232 g/mol. The van der Waals surface area contributed by atoms with Gasteiger partial charge < -0.3 is 0 Å². The molecule has 0 aliphatic heterocycles. The van der Waals surface area contributed by atoms with Gasteiger partial charge in [-0.2, -0.15) is 25.3 Å². The molecule has 0 amide bonds. The summed E-state index contributed by atoms with van der Waals surface area (Å²) in [6.07, 6.45) is 13.5. The standard InChI is InChI=1S/C12H24S2/c13-11-7-3-1-2-4-8-12(14)10-6-5-9-11/h11-14H,1-10H2. The maximum Gasteiger partial charge on any atom is 0.00168 e. The lowest BCUT2D eigenvalue weighted by Gasteiger charge is -2.14. The summed E-state index contributed by atoms with van der Waals surface area (Å²) in [7, 11) is 0. The first-order chi connectivity index (χ1) is 6.79. The molecule has 1 rings (SSSR count). The van der Waals surface area contributed by atoms with Gasteiger partial charge in [-0.25, -0.2) is 0 Å². The molecule has 1 aliphatic carbocycles. The minimum Gasteiger partial charge on any atom is -0.176 e. The van der Waals surface area contributed by atoms with Crippen LogP contribution < -0.4 is 0 Å². The maximum absolute atomic E-state index is 4.63. The van der Waals surface area contributed by atoms with Gasteiger partial charge in [0.2, 0.25) is 0 Å². The Kier molecular flexibility index (Phi) is 7.23. The Balaban J connectivity index is 2.20. The van der Waals surface area contributed by atoms with Crippen LogP contribution in [0.2, 0.25) is 0 Å². The van der Waals surface area contributed by atoms with Crippen molar-refractivity contribution in [2.45, 2.75) is 74.7 Å². The fourth-order valence-corrected chi connectivity index (χ4v) is 2.89. The number of hydrogen-bond donors (Lipinski definition) is 2. The summed E-state index contributed by atoms with van der Waals surface area (Å²) in [5.74, 6) is 0. The molecule has 0 aromatic rings. The molecule has 0 heterocycles. The van der Waals surface area contributed by atoms with Crippen LogP contribution in [0.25, 0.3) is 0 Å². The highest BCUT2D eigenvalue weighted by Gasteiger charge is 2.07. The molecule has 0 spiro atoms.